The van der Waals surface area contributed by atoms with E-state index in [4.69, 9.17) is 17.0 Å². The van der Waals surface area contributed by atoms with Crippen molar-refractivity contribution in [2.45, 2.75) is 40.2 Å². The lowest BCUT2D eigenvalue weighted by molar-refractivity contribution is 0.0937. The molecule has 0 aliphatic rings. The molecule has 0 heterocycles. The molecule has 0 aromatic heterocycles. The number of halogens is 1. The lowest BCUT2D eigenvalue weighted by Gasteiger charge is -2.14. The molecule has 0 saturated heterocycles. The summed E-state index contributed by atoms with van der Waals surface area (Å²) in [6.07, 6.45) is 0.848. The Bertz CT molecular complexity index is 949. The molecule has 1 unspecified atom stereocenters. The second kappa shape index (κ2) is 11.8. The van der Waals surface area contributed by atoms with Gasteiger partial charge in [-0.1, -0.05) is 26.8 Å². The van der Waals surface area contributed by atoms with Crippen LogP contribution in [0.2, 0.25) is 0 Å². The number of benzene rings is 2. The van der Waals surface area contributed by atoms with Crippen LogP contribution in [0.3, 0.4) is 0 Å². The predicted octanol–water partition coefficient (Wildman–Crippen LogP) is 5.14. The number of hydrogen-bond acceptors (Lipinski definition) is 4. The van der Waals surface area contributed by atoms with Crippen molar-refractivity contribution in [1.29, 1.82) is 0 Å². The van der Waals surface area contributed by atoms with Gasteiger partial charge in [0.25, 0.3) is 11.8 Å². The summed E-state index contributed by atoms with van der Waals surface area (Å²) in [6.45, 7) is 8.68. The number of rotatable bonds is 8. The number of amides is 2. The van der Waals surface area contributed by atoms with Crippen LogP contribution in [-0.2, 0) is 0 Å². The fraction of sp³-hybridized carbons (Fsp3) is 0.348. The molecule has 8 heteroatoms. The van der Waals surface area contributed by atoms with E-state index in [1.807, 2.05) is 13.8 Å². The van der Waals surface area contributed by atoms with Gasteiger partial charge in [-0.2, -0.15) is 0 Å². The van der Waals surface area contributed by atoms with Crippen LogP contribution in [0.4, 0.5) is 5.69 Å². The van der Waals surface area contributed by atoms with Crippen molar-refractivity contribution in [2.75, 3.05) is 11.9 Å². The summed E-state index contributed by atoms with van der Waals surface area (Å²) in [5, 5.41) is 8.66. The van der Waals surface area contributed by atoms with E-state index < -0.39 is 0 Å². The van der Waals surface area contributed by atoms with Crippen molar-refractivity contribution in [3.63, 3.8) is 0 Å². The lowest BCUT2D eigenvalue weighted by atomic mass is 10.1. The molecule has 0 saturated carbocycles. The third-order valence-corrected chi connectivity index (χ3v) is 5.19. The first-order valence-electron chi connectivity index (χ1n) is 10.1. The minimum absolute atomic E-state index is 0.0889. The van der Waals surface area contributed by atoms with Crippen molar-refractivity contribution in [3.05, 3.63) is 58.1 Å². The van der Waals surface area contributed by atoms with E-state index in [2.05, 4.69) is 45.7 Å². The van der Waals surface area contributed by atoms with Gasteiger partial charge in [-0.25, -0.2) is 0 Å². The molecule has 0 fully saturated rings. The van der Waals surface area contributed by atoms with Crippen LogP contribution in [0, 0.1) is 5.92 Å². The van der Waals surface area contributed by atoms with Gasteiger partial charge in [0.1, 0.15) is 5.75 Å². The SMILES string of the molecule is CCC(C)NC(=O)c1cccc(NC(=S)NC(=O)c2ccc(OCC(C)C)c(Br)c2)c1. The Morgan fingerprint density at radius 1 is 1.06 bits per heavy atom. The summed E-state index contributed by atoms with van der Waals surface area (Å²) < 4.78 is 6.40. The van der Waals surface area contributed by atoms with E-state index in [-0.39, 0.29) is 23.0 Å². The number of nitrogens with one attached hydrogen (secondary N) is 3. The zero-order valence-corrected chi connectivity index (χ0v) is 20.5. The molecule has 0 radical (unpaired) electrons. The molecule has 0 spiro atoms. The Labute approximate surface area is 197 Å². The van der Waals surface area contributed by atoms with Crippen molar-refractivity contribution in [1.82, 2.24) is 10.6 Å². The number of thiocarbonyl (C=S) groups is 1. The molecule has 2 rings (SSSR count). The maximum absolute atomic E-state index is 12.5. The third kappa shape index (κ3) is 7.95. The van der Waals surface area contributed by atoms with Gasteiger partial charge in [-0.15, -0.1) is 0 Å². The number of carbonyl (C=O) groups is 2. The smallest absolute Gasteiger partial charge is 0.257 e. The third-order valence-electron chi connectivity index (χ3n) is 4.37. The fourth-order valence-corrected chi connectivity index (χ4v) is 3.20. The Balaban J connectivity index is 1.98. The summed E-state index contributed by atoms with van der Waals surface area (Å²) in [4.78, 5) is 24.8. The summed E-state index contributed by atoms with van der Waals surface area (Å²) in [7, 11) is 0. The summed E-state index contributed by atoms with van der Waals surface area (Å²) in [5.41, 5.74) is 1.57. The van der Waals surface area contributed by atoms with Crippen LogP contribution in [0.5, 0.6) is 5.75 Å². The van der Waals surface area contributed by atoms with Crippen molar-refractivity contribution < 1.29 is 14.3 Å². The first kappa shape index (κ1) is 24.8. The highest BCUT2D eigenvalue weighted by atomic mass is 79.9. The largest absolute Gasteiger partial charge is 0.492 e. The molecule has 166 valence electrons. The van der Waals surface area contributed by atoms with Crippen molar-refractivity contribution in [2.24, 2.45) is 5.92 Å². The van der Waals surface area contributed by atoms with Crippen LogP contribution < -0.4 is 20.7 Å². The highest BCUT2D eigenvalue weighted by Crippen LogP contribution is 2.26. The zero-order chi connectivity index (χ0) is 23.0. The van der Waals surface area contributed by atoms with E-state index in [0.29, 0.717) is 39.6 Å². The molecule has 3 N–H and O–H groups in total. The second-order valence-corrected chi connectivity index (χ2v) is 8.88. The Hall–Kier alpha value is -2.45. The highest BCUT2D eigenvalue weighted by Gasteiger charge is 2.13. The summed E-state index contributed by atoms with van der Waals surface area (Å²) >= 11 is 8.70. The number of hydrogen-bond donors (Lipinski definition) is 3. The van der Waals surface area contributed by atoms with Gasteiger partial charge in [0, 0.05) is 22.9 Å². The normalized spacial score (nSPS) is 11.5. The van der Waals surface area contributed by atoms with Gasteiger partial charge in [0.05, 0.1) is 11.1 Å². The molecule has 1 atom stereocenters. The maximum atomic E-state index is 12.5. The molecule has 2 aromatic carbocycles. The summed E-state index contributed by atoms with van der Waals surface area (Å²) in [6, 6.07) is 12.1. The molecule has 0 aliphatic carbocycles. The van der Waals surface area contributed by atoms with E-state index in [1.54, 1.807) is 42.5 Å². The van der Waals surface area contributed by atoms with E-state index >= 15 is 0 Å². The average molecular weight is 506 g/mol. The molecular weight excluding hydrogens is 478 g/mol. The minimum atomic E-state index is -0.348. The Morgan fingerprint density at radius 2 is 1.77 bits per heavy atom. The zero-order valence-electron chi connectivity index (χ0n) is 18.1. The van der Waals surface area contributed by atoms with Crippen molar-refractivity contribution >= 4 is 50.8 Å². The molecule has 0 bridgehead atoms. The van der Waals surface area contributed by atoms with Crippen LogP contribution in [-0.4, -0.2) is 29.6 Å². The predicted molar refractivity (Wildman–Crippen MR) is 132 cm³/mol. The molecule has 2 aromatic rings. The highest BCUT2D eigenvalue weighted by molar-refractivity contribution is 9.10. The Kier molecular flexibility index (Phi) is 9.45. The lowest BCUT2D eigenvalue weighted by Crippen LogP contribution is -2.34. The van der Waals surface area contributed by atoms with E-state index in [1.165, 1.54) is 0 Å². The maximum Gasteiger partial charge on any atom is 0.257 e. The van der Waals surface area contributed by atoms with Crippen LogP contribution in [0.25, 0.3) is 0 Å². The van der Waals surface area contributed by atoms with Gasteiger partial charge in [-0.3, -0.25) is 14.9 Å². The van der Waals surface area contributed by atoms with Gasteiger partial charge < -0.3 is 15.4 Å². The van der Waals surface area contributed by atoms with E-state index in [0.717, 1.165) is 6.42 Å². The number of anilines is 1. The van der Waals surface area contributed by atoms with Crippen LogP contribution in [0.15, 0.2) is 46.9 Å². The molecule has 0 aliphatic heterocycles. The molecule has 31 heavy (non-hydrogen) atoms. The van der Waals surface area contributed by atoms with Crippen LogP contribution >= 0.6 is 28.1 Å². The topological polar surface area (TPSA) is 79.5 Å². The monoisotopic (exact) mass is 505 g/mol. The Morgan fingerprint density at radius 3 is 2.42 bits per heavy atom. The molecule has 2 amide bonds. The fourth-order valence-electron chi connectivity index (χ4n) is 2.50. The second-order valence-electron chi connectivity index (χ2n) is 7.62. The van der Waals surface area contributed by atoms with Gasteiger partial charge in [0.15, 0.2) is 5.11 Å². The quantitative estimate of drug-likeness (QED) is 0.432. The average Bonchev–Trinajstić information content (AvgIpc) is 2.72. The van der Waals surface area contributed by atoms with Gasteiger partial charge in [-0.05, 0) is 83.8 Å². The first-order chi connectivity index (χ1) is 14.7. The van der Waals surface area contributed by atoms with Crippen LogP contribution in [0.1, 0.15) is 54.8 Å². The van der Waals surface area contributed by atoms with Crippen molar-refractivity contribution in [3.8, 4) is 5.75 Å². The van der Waals surface area contributed by atoms with Gasteiger partial charge in [0.2, 0.25) is 0 Å². The number of carbonyl (C=O) groups excluding carboxylic acids is 2. The summed E-state index contributed by atoms with van der Waals surface area (Å²) in [5.74, 6) is 0.577. The number of ether oxygens (including phenoxy) is 1. The molecule has 6 nitrogen and oxygen atoms in total. The first-order valence-corrected chi connectivity index (χ1v) is 11.3. The van der Waals surface area contributed by atoms with E-state index in [9.17, 15) is 9.59 Å². The van der Waals surface area contributed by atoms with Gasteiger partial charge >= 0.3 is 0 Å². The minimum Gasteiger partial charge on any atom is -0.492 e. The molecular formula is C23H28BrN3O3S. The standard InChI is InChI=1S/C23H28BrN3O3S/c1-5-15(4)25-21(28)16-7-6-8-18(11-16)26-23(31)27-22(29)17-9-10-20(19(24)12-17)30-13-14(2)3/h6-12,14-15H,5,13H2,1-4H3,(H,25,28)(H2,26,27,29,31).